The van der Waals surface area contributed by atoms with E-state index in [9.17, 15) is 19.4 Å². The van der Waals surface area contributed by atoms with Crippen LogP contribution in [0.3, 0.4) is 0 Å². The SMILES string of the molecule is O=C(O)CCCCCCC1C(O)CCC1CCC(O)c1ccccc1F. The standard InChI is InChI=1S/C21H31FO4/c22-18-9-6-5-8-17(18)20(24)14-12-15-11-13-19(23)16(15)7-3-1-2-4-10-21(25)26/h5-6,8-9,15-16,19-20,23-24H,1-4,7,10-14H2,(H,25,26). The van der Waals surface area contributed by atoms with Crippen LogP contribution in [0.2, 0.25) is 0 Å². The van der Waals surface area contributed by atoms with Crippen molar-refractivity contribution in [1.82, 2.24) is 0 Å². The average Bonchev–Trinajstić information content (AvgIpc) is 2.96. The molecule has 0 bridgehead atoms. The van der Waals surface area contributed by atoms with E-state index in [0.717, 1.165) is 44.9 Å². The number of carboxylic acid groups (broad SMARTS) is 1. The third-order valence-electron chi connectivity index (χ3n) is 5.69. The average molecular weight is 366 g/mol. The molecule has 4 unspecified atom stereocenters. The molecule has 1 aliphatic carbocycles. The normalized spacial score (nSPS) is 23.9. The lowest BCUT2D eigenvalue weighted by atomic mass is 9.85. The molecule has 0 amide bonds. The van der Waals surface area contributed by atoms with Gasteiger partial charge in [0.2, 0.25) is 0 Å². The van der Waals surface area contributed by atoms with Gasteiger partial charge in [-0.15, -0.1) is 0 Å². The fourth-order valence-corrected chi connectivity index (χ4v) is 4.20. The van der Waals surface area contributed by atoms with E-state index < -0.39 is 12.1 Å². The number of aliphatic carboxylic acids is 1. The van der Waals surface area contributed by atoms with Gasteiger partial charge >= 0.3 is 5.97 Å². The monoisotopic (exact) mass is 366 g/mol. The number of aliphatic hydroxyl groups is 2. The van der Waals surface area contributed by atoms with Gasteiger partial charge in [-0.1, -0.05) is 37.5 Å². The maximum atomic E-state index is 13.8. The molecule has 4 nitrogen and oxygen atoms in total. The van der Waals surface area contributed by atoms with Gasteiger partial charge in [0.05, 0.1) is 12.2 Å². The molecule has 4 atom stereocenters. The van der Waals surface area contributed by atoms with Crippen molar-refractivity contribution >= 4 is 5.97 Å². The molecular weight excluding hydrogens is 335 g/mol. The van der Waals surface area contributed by atoms with Gasteiger partial charge in [-0.05, 0) is 56.4 Å². The summed E-state index contributed by atoms with van der Waals surface area (Å²) in [5.74, 6) is -0.512. The summed E-state index contributed by atoms with van der Waals surface area (Å²) in [5.41, 5.74) is 0.348. The van der Waals surface area contributed by atoms with Crippen molar-refractivity contribution in [2.75, 3.05) is 0 Å². The van der Waals surface area contributed by atoms with E-state index in [0.29, 0.717) is 24.3 Å². The van der Waals surface area contributed by atoms with Gasteiger partial charge in [0.1, 0.15) is 5.82 Å². The minimum atomic E-state index is -0.800. The number of aliphatic hydroxyl groups excluding tert-OH is 2. The molecule has 2 rings (SSSR count). The first-order valence-corrected chi connectivity index (χ1v) is 9.81. The Morgan fingerprint density at radius 2 is 1.85 bits per heavy atom. The maximum Gasteiger partial charge on any atom is 0.303 e. The van der Waals surface area contributed by atoms with Crippen LogP contribution >= 0.6 is 0 Å². The first kappa shape index (κ1) is 20.8. The first-order chi connectivity index (χ1) is 12.5. The van der Waals surface area contributed by atoms with Gasteiger partial charge in [-0.3, -0.25) is 4.79 Å². The lowest BCUT2D eigenvalue weighted by Crippen LogP contribution is -2.19. The Labute approximate surface area is 155 Å². The number of benzene rings is 1. The van der Waals surface area contributed by atoms with Crippen molar-refractivity contribution in [1.29, 1.82) is 0 Å². The predicted molar refractivity (Wildman–Crippen MR) is 98.2 cm³/mol. The molecule has 0 heterocycles. The smallest absolute Gasteiger partial charge is 0.303 e. The van der Waals surface area contributed by atoms with Crippen LogP contribution in [0.1, 0.15) is 75.9 Å². The summed E-state index contributed by atoms with van der Waals surface area (Å²) in [7, 11) is 0. The highest BCUT2D eigenvalue weighted by molar-refractivity contribution is 5.66. The summed E-state index contributed by atoms with van der Waals surface area (Å²) in [5, 5.41) is 29.2. The fourth-order valence-electron chi connectivity index (χ4n) is 4.20. The van der Waals surface area contributed by atoms with Crippen LogP contribution in [0, 0.1) is 17.7 Å². The highest BCUT2D eigenvalue weighted by atomic mass is 19.1. The molecule has 0 aromatic heterocycles. The van der Waals surface area contributed by atoms with Gasteiger partial charge < -0.3 is 15.3 Å². The van der Waals surface area contributed by atoms with Crippen molar-refractivity contribution in [3.05, 3.63) is 35.6 Å². The Morgan fingerprint density at radius 1 is 1.12 bits per heavy atom. The van der Waals surface area contributed by atoms with Crippen molar-refractivity contribution < 1.29 is 24.5 Å². The molecule has 0 saturated heterocycles. The summed E-state index contributed by atoms with van der Waals surface area (Å²) in [6.07, 6.45) is 6.72. The van der Waals surface area contributed by atoms with Crippen LogP contribution in [0.5, 0.6) is 0 Å². The van der Waals surface area contributed by atoms with Crippen molar-refractivity contribution in [2.24, 2.45) is 11.8 Å². The Morgan fingerprint density at radius 3 is 2.58 bits per heavy atom. The molecule has 146 valence electrons. The quantitative estimate of drug-likeness (QED) is 0.506. The minimum absolute atomic E-state index is 0.225. The molecule has 3 N–H and O–H groups in total. The number of carboxylic acids is 1. The Bertz CT molecular complexity index is 563. The second kappa shape index (κ2) is 10.6. The topological polar surface area (TPSA) is 77.8 Å². The van der Waals surface area contributed by atoms with E-state index >= 15 is 0 Å². The Hall–Kier alpha value is -1.46. The molecule has 1 aromatic rings. The van der Waals surface area contributed by atoms with Gasteiger partial charge in [0.25, 0.3) is 0 Å². The number of hydrogen-bond acceptors (Lipinski definition) is 3. The van der Waals surface area contributed by atoms with Crippen LogP contribution < -0.4 is 0 Å². The highest BCUT2D eigenvalue weighted by Crippen LogP contribution is 2.40. The molecule has 1 aliphatic rings. The number of rotatable bonds is 11. The van der Waals surface area contributed by atoms with E-state index in [2.05, 4.69) is 0 Å². The number of hydrogen-bond donors (Lipinski definition) is 3. The number of carbonyl (C=O) groups is 1. The van der Waals surface area contributed by atoms with Gasteiger partial charge in [0, 0.05) is 12.0 Å². The molecule has 1 fully saturated rings. The van der Waals surface area contributed by atoms with Gasteiger partial charge in [0.15, 0.2) is 0 Å². The molecule has 1 saturated carbocycles. The predicted octanol–water partition coefficient (Wildman–Crippen LogP) is 4.45. The Kier molecular flexibility index (Phi) is 8.52. The molecule has 5 heteroatoms. The molecule has 0 radical (unpaired) electrons. The lowest BCUT2D eigenvalue weighted by Gasteiger charge is -2.23. The van der Waals surface area contributed by atoms with Crippen LogP contribution in [0.15, 0.2) is 24.3 Å². The number of unbranched alkanes of at least 4 members (excludes halogenated alkanes) is 3. The van der Waals surface area contributed by atoms with E-state index in [1.165, 1.54) is 6.07 Å². The third-order valence-corrected chi connectivity index (χ3v) is 5.69. The van der Waals surface area contributed by atoms with E-state index in [-0.39, 0.29) is 24.3 Å². The summed E-state index contributed by atoms with van der Waals surface area (Å²) in [6, 6.07) is 6.34. The van der Waals surface area contributed by atoms with Crippen LogP contribution in [0.25, 0.3) is 0 Å². The fraction of sp³-hybridized carbons (Fsp3) is 0.667. The zero-order valence-electron chi connectivity index (χ0n) is 15.3. The second-order valence-corrected chi connectivity index (χ2v) is 7.53. The van der Waals surface area contributed by atoms with Crippen LogP contribution in [-0.2, 0) is 4.79 Å². The molecule has 26 heavy (non-hydrogen) atoms. The van der Waals surface area contributed by atoms with Gasteiger partial charge in [-0.25, -0.2) is 4.39 Å². The van der Waals surface area contributed by atoms with Crippen molar-refractivity contribution in [3.8, 4) is 0 Å². The van der Waals surface area contributed by atoms with Crippen molar-refractivity contribution in [2.45, 2.75) is 76.4 Å². The van der Waals surface area contributed by atoms with E-state index in [4.69, 9.17) is 5.11 Å². The maximum absolute atomic E-state index is 13.8. The minimum Gasteiger partial charge on any atom is -0.481 e. The second-order valence-electron chi connectivity index (χ2n) is 7.53. The third kappa shape index (κ3) is 6.36. The highest BCUT2D eigenvalue weighted by Gasteiger charge is 2.34. The zero-order chi connectivity index (χ0) is 18.9. The Balaban J connectivity index is 1.73. The summed E-state index contributed by atoms with van der Waals surface area (Å²) in [4.78, 5) is 10.5. The first-order valence-electron chi connectivity index (χ1n) is 9.81. The summed E-state index contributed by atoms with van der Waals surface area (Å²) >= 11 is 0. The van der Waals surface area contributed by atoms with Crippen LogP contribution in [0.4, 0.5) is 4.39 Å². The largest absolute Gasteiger partial charge is 0.481 e. The molecule has 0 spiro atoms. The molecular formula is C21H31FO4. The summed E-state index contributed by atoms with van der Waals surface area (Å²) in [6.45, 7) is 0. The van der Waals surface area contributed by atoms with Crippen molar-refractivity contribution in [3.63, 3.8) is 0 Å². The van der Waals surface area contributed by atoms with E-state index in [1.54, 1.807) is 18.2 Å². The molecule has 1 aromatic carbocycles. The van der Waals surface area contributed by atoms with Gasteiger partial charge in [-0.2, -0.15) is 0 Å². The molecule has 0 aliphatic heterocycles. The van der Waals surface area contributed by atoms with E-state index in [1.807, 2.05) is 0 Å². The summed E-state index contributed by atoms with van der Waals surface area (Å²) < 4.78 is 13.8. The zero-order valence-corrected chi connectivity index (χ0v) is 15.3. The van der Waals surface area contributed by atoms with Crippen LogP contribution in [-0.4, -0.2) is 27.4 Å². The number of halogens is 1. The lowest BCUT2D eigenvalue weighted by molar-refractivity contribution is -0.137.